The van der Waals surface area contributed by atoms with E-state index in [1.807, 2.05) is 0 Å². The predicted molar refractivity (Wildman–Crippen MR) is 77.0 cm³/mol. The van der Waals surface area contributed by atoms with E-state index in [0.717, 1.165) is 30.6 Å². The molecule has 0 saturated heterocycles. The first-order valence-corrected chi connectivity index (χ1v) is 7.11. The van der Waals surface area contributed by atoms with Crippen LogP contribution < -0.4 is 10.2 Å². The molecule has 0 aliphatic heterocycles. The fraction of sp³-hybridized carbons (Fsp3) is 0.667. The number of hydrogen-bond donors (Lipinski definition) is 1. The fourth-order valence-corrected chi connectivity index (χ4v) is 2.08. The SMILES string of the molecule is CCCCN(C)c1cc(CNC2CC2)cc(C)n1. The molecule has 1 aromatic heterocycles. The lowest BCUT2D eigenvalue weighted by Crippen LogP contribution is -2.21. The molecule has 0 amide bonds. The van der Waals surface area contributed by atoms with Crippen LogP contribution in [0.1, 0.15) is 43.9 Å². The zero-order chi connectivity index (χ0) is 13.0. The van der Waals surface area contributed by atoms with Gasteiger partial charge in [0.2, 0.25) is 0 Å². The van der Waals surface area contributed by atoms with Crippen LogP contribution in [0.3, 0.4) is 0 Å². The van der Waals surface area contributed by atoms with Crippen molar-refractivity contribution in [3.8, 4) is 0 Å². The van der Waals surface area contributed by atoms with E-state index in [0.29, 0.717) is 0 Å². The third kappa shape index (κ3) is 3.98. The molecule has 100 valence electrons. The molecule has 3 heteroatoms. The number of nitrogens with zero attached hydrogens (tertiary/aromatic N) is 2. The molecule has 1 fully saturated rings. The van der Waals surface area contributed by atoms with Crippen LogP contribution in [0, 0.1) is 6.92 Å². The molecule has 1 N–H and O–H groups in total. The second-order valence-electron chi connectivity index (χ2n) is 5.41. The highest BCUT2D eigenvalue weighted by molar-refractivity contribution is 5.41. The lowest BCUT2D eigenvalue weighted by Gasteiger charge is -2.19. The van der Waals surface area contributed by atoms with Crippen LogP contribution in [0.4, 0.5) is 5.82 Å². The second-order valence-corrected chi connectivity index (χ2v) is 5.41. The first-order chi connectivity index (χ1) is 8.69. The molecule has 1 heterocycles. The van der Waals surface area contributed by atoms with Gasteiger partial charge >= 0.3 is 0 Å². The molecule has 0 unspecified atom stereocenters. The van der Waals surface area contributed by atoms with E-state index in [1.54, 1.807) is 0 Å². The van der Waals surface area contributed by atoms with E-state index < -0.39 is 0 Å². The van der Waals surface area contributed by atoms with Crippen LogP contribution in [0.15, 0.2) is 12.1 Å². The maximum Gasteiger partial charge on any atom is 0.128 e. The minimum atomic E-state index is 0.764. The average Bonchev–Trinajstić information content (AvgIpc) is 3.17. The van der Waals surface area contributed by atoms with Crippen molar-refractivity contribution in [1.29, 1.82) is 0 Å². The number of nitrogens with one attached hydrogen (secondary N) is 1. The Kier molecular flexibility index (Phi) is 4.59. The van der Waals surface area contributed by atoms with Crippen molar-refractivity contribution in [3.63, 3.8) is 0 Å². The summed E-state index contributed by atoms with van der Waals surface area (Å²) >= 11 is 0. The minimum Gasteiger partial charge on any atom is -0.360 e. The monoisotopic (exact) mass is 247 g/mol. The standard InChI is InChI=1S/C15H25N3/c1-4-5-8-18(3)15-10-13(9-12(2)17-15)11-16-14-6-7-14/h9-10,14,16H,4-8,11H2,1-3H3. The van der Waals surface area contributed by atoms with Gasteiger partial charge in [-0.25, -0.2) is 4.98 Å². The molecule has 0 aromatic carbocycles. The molecule has 2 rings (SSSR count). The third-order valence-corrected chi connectivity index (χ3v) is 3.41. The largest absolute Gasteiger partial charge is 0.360 e. The summed E-state index contributed by atoms with van der Waals surface area (Å²) in [4.78, 5) is 6.89. The third-order valence-electron chi connectivity index (χ3n) is 3.41. The summed E-state index contributed by atoms with van der Waals surface area (Å²) in [5.41, 5.74) is 2.47. The summed E-state index contributed by atoms with van der Waals surface area (Å²) in [6.45, 7) is 6.37. The summed E-state index contributed by atoms with van der Waals surface area (Å²) in [5.74, 6) is 1.11. The summed E-state index contributed by atoms with van der Waals surface area (Å²) in [7, 11) is 2.13. The molecule has 1 aliphatic rings. The summed E-state index contributed by atoms with van der Waals surface area (Å²) in [6, 6.07) is 5.17. The van der Waals surface area contributed by atoms with Crippen LogP contribution in [-0.2, 0) is 6.54 Å². The van der Waals surface area contributed by atoms with Crippen molar-refractivity contribution in [2.75, 3.05) is 18.5 Å². The lowest BCUT2D eigenvalue weighted by molar-refractivity contribution is 0.685. The average molecular weight is 247 g/mol. The van der Waals surface area contributed by atoms with Gasteiger partial charge in [-0.2, -0.15) is 0 Å². The highest BCUT2D eigenvalue weighted by atomic mass is 15.2. The van der Waals surface area contributed by atoms with Crippen molar-refractivity contribution in [2.24, 2.45) is 0 Å². The van der Waals surface area contributed by atoms with Crippen molar-refractivity contribution in [1.82, 2.24) is 10.3 Å². The van der Waals surface area contributed by atoms with Gasteiger partial charge in [-0.05, 0) is 43.9 Å². The zero-order valence-corrected chi connectivity index (χ0v) is 11.9. The van der Waals surface area contributed by atoms with Gasteiger partial charge in [0.1, 0.15) is 5.82 Å². The first-order valence-electron chi connectivity index (χ1n) is 7.11. The van der Waals surface area contributed by atoms with Gasteiger partial charge in [0, 0.05) is 31.9 Å². The Morgan fingerprint density at radius 1 is 1.39 bits per heavy atom. The number of rotatable bonds is 7. The lowest BCUT2D eigenvalue weighted by atomic mass is 10.2. The van der Waals surface area contributed by atoms with Crippen LogP contribution in [0.2, 0.25) is 0 Å². The van der Waals surface area contributed by atoms with Gasteiger partial charge < -0.3 is 10.2 Å². The van der Waals surface area contributed by atoms with Crippen molar-refractivity contribution in [3.05, 3.63) is 23.4 Å². The molecular formula is C15H25N3. The van der Waals surface area contributed by atoms with Crippen molar-refractivity contribution >= 4 is 5.82 Å². The molecule has 0 atom stereocenters. The van der Waals surface area contributed by atoms with Gasteiger partial charge in [-0.3, -0.25) is 0 Å². The molecule has 1 aromatic rings. The minimum absolute atomic E-state index is 0.764. The highest BCUT2D eigenvalue weighted by Crippen LogP contribution is 2.20. The van der Waals surface area contributed by atoms with Crippen molar-refractivity contribution < 1.29 is 0 Å². The smallest absolute Gasteiger partial charge is 0.128 e. The Bertz CT molecular complexity index is 385. The Morgan fingerprint density at radius 2 is 2.17 bits per heavy atom. The van der Waals surface area contributed by atoms with Gasteiger partial charge in [0.05, 0.1) is 0 Å². The Hall–Kier alpha value is -1.09. The first kappa shape index (κ1) is 13.3. The molecule has 0 bridgehead atoms. The number of aryl methyl sites for hydroxylation is 1. The van der Waals surface area contributed by atoms with E-state index in [9.17, 15) is 0 Å². The molecule has 18 heavy (non-hydrogen) atoms. The Balaban J connectivity index is 1.99. The van der Waals surface area contributed by atoms with Crippen LogP contribution >= 0.6 is 0 Å². The van der Waals surface area contributed by atoms with Crippen LogP contribution in [-0.4, -0.2) is 24.6 Å². The number of unbranched alkanes of at least 4 members (excludes halogenated alkanes) is 1. The molecule has 3 nitrogen and oxygen atoms in total. The number of hydrogen-bond acceptors (Lipinski definition) is 3. The van der Waals surface area contributed by atoms with Gasteiger partial charge in [-0.1, -0.05) is 13.3 Å². The predicted octanol–water partition coefficient (Wildman–Crippen LogP) is 2.88. The van der Waals surface area contributed by atoms with E-state index in [-0.39, 0.29) is 0 Å². The maximum atomic E-state index is 4.63. The van der Waals surface area contributed by atoms with Gasteiger partial charge in [0.25, 0.3) is 0 Å². The fourth-order valence-electron chi connectivity index (χ4n) is 2.08. The van der Waals surface area contributed by atoms with Gasteiger partial charge in [-0.15, -0.1) is 0 Å². The second kappa shape index (κ2) is 6.19. The van der Waals surface area contributed by atoms with E-state index in [4.69, 9.17) is 0 Å². The Morgan fingerprint density at radius 3 is 2.83 bits per heavy atom. The van der Waals surface area contributed by atoms with Crippen LogP contribution in [0.5, 0.6) is 0 Å². The summed E-state index contributed by atoms with van der Waals surface area (Å²) < 4.78 is 0. The van der Waals surface area contributed by atoms with Crippen molar-refractivity contribution in [2.45, 2.75) is 52.1 Å². The number of anilines is 1. The van der Waals surface area contributed by atoms with E-state index in [1.165, 1.54) is 31.2 Å². The molecule has 1 aliphatic carbocycles. The normalized spacial score (nSPS) is 14.8. The van der Waals surface area contributed by atoms with E-state index in [2.05, 4.69) is 48.2 Å². The highest BCUT2D eigenvalue weighted by Gasteiger charge is 2.20. The summed E-state index contributed by atoms with van der Waals surface area (Å²) in [5, 5.41) is 3.56. The number of pyridine rings is 1. The molecular weight excluding hydrogens is 222 g/mol. The Labute approximate surface area is 111 Å². The topological polar surface area (TPSA) is 28.2 Å². The quantitative estimate of drug-likeness (QED) is 0.803. The van der Waals surface area contributed by atoms with Gasteiger partial charge in [0.15, 0.2) is 0 Å². The van der Waals surface area contributed by atoms with Crippen LogP contribution in [0.25, 0.3) is 0 Å². The zero-order valence-electron chi connectivity index (χ0n) is 11.9. The molecule has 1 saturated carbocycles. The maximum absolute atomic E-state index is 4.63. The number of aromatic nitrogens is 1. The molecule has 0 spiro atoms. The van der Waals surface area contributed by atoms with E-state index >= 15 is 0 Å². The summed E-state index contributed by atoms with van der Waals surface area (Å²) in [6.07, 6.45) is 5.13. The molecule has 0 radical (unpaired) electrons.